The molecule has 0 radical (unpaired) electrons. The second-order valence-corrected chi connectivity index (χ2v) is 4.26. The van der Waals surface area contributed by atoms with Crippen LogP contribution in [0.1, 0.15) is 5.56 Å². The van der Waals surface area contributed by atoms with Crippen LogP contribution >= 0.6 is 0 Å². The van der Waals surface area contributed by atoms with Crippen molar-refractivity contribution in [2.75, 3.05) is 13.2 Å². The SMILES string of the molecule is O=[N+]([O-])c1ccc(CNCCOc2ccccc2)cc1. The molecule has 1 N–H and O–H groups in total. The number of non-ortho nitro benzene ring substituents is 1. The zero-order valence-electron chi connectivity index (χ0n) is 11.0. The molecule has 2 rings (SSSR count). The highest BCUT2D eigenvalue weighted by Crippen LogP contribution is 2.11. The van der Waals surface area contributed by atoms with Crippen molar-refractivity contribution in [3.8, 4) is 5.75 Å². The summed E-state index contributed by atoms with van der Waals surface area (Å²) in [5.74, 6) is 0.852. The number of para-hydroxylation sites is 1. The van der Waals surface area contributed by atoms with Crippen molar-refractivity contribution >= 4 is 5.69 Å². The Morgan fingerprint density at radius 3 is 2.40 bits per heavy atom. The van der Waals surface area contributed by atoms with Gasteiger partial charge < -0.3 is 10.1 Å². The van der Waals surface area contributed by atoms with E-state index in [4.69, 9.17) is 4.74 Å². The van der Waals surface area contributed by atoms with Crippen LogP contribution in [0.25, 0.3) is 0 Å². The molecule has 0 spiro atoms. The average Bonchev–Trinajstić information content (AvgIpc) is 2.48. The number of nitrogens with one attached hydrogen (secondary N) is 1. The summed E-state index contributed by atoms with van der Waals surface area (Å²) in [7, 11) is 0. The topological polar surface area (TPSA) is 64.4 Å². The normalized spacial score (nSPS) is 10.2. The van der Waals surface area contributed by atoms with Crippen LogP contribution in [-0.4, -0.2) is 18.1 Å². The van der Waals surface area contributed by atoms with E-state index in [9.17, 15) is 10.1 Å². The zero-order chi connectivity index (χ0) is 14.2. The highest BCUT2D eigenvalue weighted by Gasteiger charge is 2.03. The lowest BCUT2D eigenvalue weighted by molar-refractivity contribution is -0.384. The third-order valence-electron chi connectivity index (χ3n) is 2.77. The van der Waals surface area contributed by atoms with Crippen molar-refractivity contribution in [3.05, 3.63) is 70.3 Å². The minimum absolute atomic E-state index is 0.112. The zero-order valence-corrected chi connectivity index (χ0v) is 11.0. The standard InChI is InChI=1S/C15H16N2O3/c18-17(19)14-8-6-13(7-9-14)12-16-10-11-20-15-4-2-1-3-5-15/h1-9,16H,10-12H2. The number of hydrogen-bond donors (Lipinski definition) is 1. The van der Waals surface area contributed by atoms with Gasteiger partial charge in [-0.3, -0.25) is 10.1 Å². The monoisotopic (exact) mass is 272 g/mol. The summed E-state index contributed by atoms with van der Waals surface area (Å²) in [6.45, 7) is 1.96. The summed E-state index contributed by atoms with van der Waals surface area (Å²) < 4.78 is 5.54. The molecule has 0 heterocycles. The molecule has 0 aliphatic heterocycles. The molecule has 0 aliphatic rings. The van der Waals surface area contributed by atoms with E-state index in [-0.39, 0.29) is 5.69 Å². The quantitative estimate of drug-likeness (QED) is 0.478. The third-order valence-corrected chi connectivity index (χ3v) is 2.77. The summed E-state index contributed by atoms with van der Waals surface area (Å²) in [5, 5.41) is 13.7. The fraction of sp³-hybridized carbons (Fsp3) is 0.200. The molecule has 0 amide bonds. The van der Waals surface area contributed by atoms with Crippen molar-refractivity contribution < 1.29 is 9.66 Å². The van der Waals surface area contributed by atoms with Gasteiger partial charge in [-0.05, 0) is 17.7 Å². The van der Waals surface area contributed by atoms with Gasteiger partial charge in [0.2, 0.25) is 0 Å². The predicted octanol–water partition coefficient (Wildman–Crippen LogP) is 2.76. The fourth-order valence-corrected chi connectivity index (χ4v) is 1.73. The Balaban J connectivity index is 1.67. The molecule has 104 valence electrons. The van der Waals surface area contributed by atoms with Crippen molar-refractivity contribution in [3.63, 3.8) is 0 Å². The van der Waals surface area contributed by atoms with Crippen LogP contribution in [0.3, 0.4) is 0 Å². The van der Waals surface area contributed by atoms with E-state index in [0.717, 1.165) is 11.3 Å². The molecular formula is C15H16N2O3. The van der Waals surface area contributed by atoms with Crippen LogP contribution in [0.2, 0.25) is 0 Å². The molecule has 2 aromatic carbocycles. The first-order valence-electron chi connectivity index (χ1n) is 6.37. The van der Waals surface area contributed by atoms with Gasteiger partial charge >= 0.3 is 0 Å². The number of nitrogens with zero attached hydrogens (tertiary/aromatic N) is 1. The molecular weight excluding hydrogens is 256 g/mol. The lowest BCUT2D eigenvalue weighted by Crippen LogP contribution is -2.20. The average molecular weight is 272 g/mol. The van der Waals surface area contributed by atoms with Crippen LogP contribution in [0.5, 0.6) is 5.75 Å². The molecule has 20 heavy (non-hydrogen) atoms. The molecule has 5 nitrogen and oxygen atoms in total. The Bertz CT molecular complexity index is 541. The number of benzene rings is 2. The Morgan fingerprint density at radius 2 is 1.75 bits per heavy atom. The summed E-state index contributed by atoms with van der Waals surface area (Å²) in [6, 6.07) is 16.2. The summed E-state index contributed by atoms with van der Waals surface area (Å²) in [4.78, 5) is 10.1. The first kappa shape index (κ1) is 14.0. The van der Waals surface area contributed by atoms with E-state index in [1.807, 2.05) is 30.3 Å². The number of ether oxygens (including phenoxy) is 1. The number of hydrogen-bond acceptors (Lipinski definition) is 4. The lowest BCUT2D eigenvalue weighted by Gasteiger charge is -2.07. The molecule has 0 bridgehead atoms. The number of nitro groups is 1. The van der Waals surface area contributed by atoms with Gasteiger partial charge in [-0.25, -0.2) is 0 Å². The van der Waals surface area contributed by atoms with E-state index in [0.29, 0.717) is 19.7 Å². The molecule has 0 atom stereocenters. The van der Waals surface area contributed by atoms with Crippen LogP contribution in [0.15, 0.2) is 54.6 Å². The van der Waals surface area contributed by atoms with Crippen molar-refractivity contribution in [2.24, 2.45) is 0 Å². The van der Waals surface area contributed by atoms with Crippen molar-refractivity contribution in [1.82, 2.24) is 5.32 Å². The second-order valence-electron chi connectivity index (χ2n) is 4.26. The van der Waals surface area contributed by atoms with E-state index in [1.54, 1.807) is 12.1 Å². The Labute approximate surface area is 117 Å². The minimum Gasteiger partial charge on any atom is -0.492 e. The van der Waals surface area contributed by atoms with Gasteiger partial charge in [0.25, 0.3) is 5.69 Å². The predicted molar refractivity (Wildman–Crippen MR) is 76.7 cm³/mol. The van der Waals surface area contributed by atoms with Gasteiger partial charge in [-0.2, -0.15) is 0 Å². The van der Waals surface area contributed by atoms with Gasteiger partial charge in [-0.15, -0.1) is 0 Å². The van der Waals surface area contributed by atoms with Gasteiger partial charge in [0, 0.05) is 25.2 Å². The lowest BCUT2D eigenvalue weighted by atomic mass is 10.2. The molecule has 0 saturated carbocycles. The molecule has 0 aromatic heterocycles. The van der Waals surface area contributed by atoms with Crippen molar-refractivity contribution in [2.45, 2.75) is 6.54 Å². The minimum atomic E-state index is -0.398. The van der Waals surface area contributed by atoms with Crippen molar-refractivity contribution in [1.29, 1.82) is 0 Å². The Morgan fingerprint density at radius 1 is 1.05 bits per heavy atom. The van der Waals surface area contributed by atoms with Crippen LogP contribution < -0.4 is 10.1 Å². The maximum absolute atomic E-state index is 10.5. The number of nitro benzene ring substituents is 1. The van der Waals surface area contributed by atoms with E-state index >= 15 is 0 Å². The van der Waals surface area contributed by atoms with Gasteiger partial charge in [-0.1, -0.05) is 30.3 Å². The first-order valence-corrected chi connectivity index (χ1v) is 6.37. The molecule has 0 aliphatic carbocycles. The van der Waals surface area contributed by atoms with Crippen LogP contribution in [0, 0.1) is 10.1 Å². The molecule has 0 unspecified atom stereocenters. The van der Waals surface area contributed by atoms with E-state index < -0.39 is 4.92 Å². The molecule has 5 heteroatoms. The first-order chi connectivity index (χ1) is 9.75. The highest BCUT2D eigenvalue weighted by molar-refractivity contribution is 5.32. The summed E-state index contributed by atoms with van der Waals surface area (Å²) >= 11 is 0. The van der Waals surface area contributed by atoms with Crippen LogP contribution in [-0.2, 0) is 6.54 Å². The van der Waals surface area contributed by atoms with Gasteiger partial charge in [0.15, 0.2) is 0 Å². The Kier molecular flexibility index (Phi) is 5.08. The third kappa shape index (κ3) is 4.37. The van der Waals surface area contributed by atoms with E-state index in [1.165, 1.54) is 12.1 Å². The smallest absolute Gasteiger partial charge is 0.269 e. The van der Waals surface area contributed by atoms with Crippen LogP contribution in [0.4, 0.5) is 5.69 Å². The second kappa shape index (κ2) is 7.25. The highest BCUT2D eigenvalue weighted by atomic mass is 16.6. The summed E-state index contributed by atoms with van der Waals surface area (Å²) in [6.07, 6.45) is 0. The maximum atomic E-state index is 10.5. The molecule has 2 aromatic rings. The fourth-order valence-electron chi connectivity index (χ4n) is 1.73. The maximum Gasteiger partial charge on any atom is 0.269 e. The Hall–Kier alpha value is -2.40. The molecule has 0 saturated heterocycles. The molecule has 0 fully saturated rings. The number of rotatable bonds is 7. The largest absolute Gasteiger partial charge is 0.492 e. The van der Waals surface area contributed by atoms with Gasteiger partial charge in [0.1, 0.15) is 12.4 Å². The van der Waals surface area contributed by atoms with E-state index in [2.05, 4.69) is 5.32 Å². The summed E-state index contributed by atoms with van der Waals surface area (Å²) in [5.41, 5.74) is 1.12. The van der Waals surface area contributed by atoms with Gasteiger partial charge in [0.05, 0.1) is 4.92 Å².